The summed E-state index contributed by atoms with van der Waals surface area (Å²) in [6.45, 7) is 5.32. The molecule has 0 aromatic heterocycles. The van der Waals surface area contributed by atoms with E-state index in [1.165, 1.54) is 0 Å². The predicted molar refractivity (Wildman–Crippen MR) is 158 cm³/mol. The van der Waals surface area contributed by atoms with Crippen molar-refractivity contribution in [3.63, 3.8) is 0 Å². The summed E-state index contributed by atoms with van der Waals surface area (Å²) in [5.74, 6) is -1.73. The van der Waals surface area contributed by atoms with E-state index < -0.39 is 63.8 Å². The molecule has 0 bridgehead atoms. The van der Waals surface area contributed by atoms with E-state index in [4.69, 9.17) is 9.47 Å². The molecule has 9 atom stereocenters. The Balaban J connectivity index is 1.44. The number of benzene rings is 2. The number of fused-ring (bicyclic) bond motifs is 5. The third-order valence-corrected chi connectivity index (χ3v) is 11.9. The Bertz CT molecular complexity index is 1430. The highest BCUT2D eigenvalue weighted by atomic mass is 16.6. The van der Waals surface area contributed by atoms with E-state index in [1.54, 1.807) is 74.5 Å². The molecule has 4 aliphatic carbocycles. The number of carbonyl (C=O) groups excluding carboxylic acids is 2. The number of esters is 2. The maximum absolute atomic E-state index is 13.6. The van der Waals surface area contributed by atoms with Crippen molar-refractivity contribution < 1.29 is 39.5 Å². The number of carbonyl (C=O) groups is 2. The Labute approximate surface area is 252 Å². The average molecular weight is 591 g/mol. The lowest BCUT2D eigenvalue weighted by Gasteiger charge is -2.67. The highest BCUT2D eigenvalue weighted by molar-refractivity contribution is 5.90. The topological polar surface area (TPSA) is 134 Å². The molecule has 0 amide bonds. The van der Waals surface area contributed by atoms with Gasteiger partial charge in [-0.3, -0.25) is 0 Å². The number of aliphatic hydroxyl groups excluding tert-OH is 1. The monoisotopic (exact) mass is 590 g/mol. The van der Waals surface area contributed by atoms with Crippen LogP contribution >= 0.6 is 0 Å². The summed E-state index contributed by atoms with van der Waals surface area (Å²) in [5.41, 5.74) is -5.87. The summed E-state index contributed by atoms with van der Waals surface area (Å²) in [6, 6.07) is 17.0. The van der Waals surface area contributed by atoms with Crippen molar-refractivity contribution in [2.75, 3.05) is 0 Å². The zero-order chi connectivity index (χ0) is 30.8. The van der Waals surface area contributed by atoms with Crippen LogP contribution in [0.25, 0.3) is 0 Å². The number of aliphatic hydroxyl groups is 4. The van der Waals surface area contributed by atoms with Crippen molar-refractivity contribution in [2.24, 2.45) is 16.7 Å². The molecular formula is C35H42O8. The first kappa shape index (κ1) is 30.0. The summed E-state index contributed by atoms with van der Waals surface area (Å²) >= 11 is 0. The Morgan fingerprint density at radius 1 is 0.884 bits per heavy atom. The molecule has 0 radical (unpaired) electrons. The number of ether oxygens (including phenoxy) is 2. The Morgan fingerprint density at radius 3 is 2.12 bits per heavy atom. The van der Waals surface area contributed by atoms with Crippen LogP contribution in [0.1, 0.15) is 86.4 Å². The molecule has 43 heavy (non-hydrogen) atoms. The van der Waals surface area contributed by atoms with Crippen LogP contribution in [-0.4, -0.2) is 67.5 Å². The first-order valence-corrected chi connectivity index (χ1v) is 15.4. The van der Waals surface area contributed by atoms with Crippen LogP contribution in [-0.2, 0) is 9.47 Å². The smallest absolute Gasteiger partial charge is 0.338 e. The lowest BCUT2D eigenvalue weighted by atomic mass is 9.42. The first-order chi connectivity index (χ1) is 20.3. The van der Waals surface area contributed by atoms with Gasteiger partial charge in [0.2, 0.25) is 0 Å². The Morgan fingerprint density at radius 2 is 1.49 bits per heavy atom. The largest absolute Gasteiger partial charge is 0.458 e. The van der Waals surface area contributed by atoms with Crippen molar-refractivity contribution in [3.8, 4) is 0 Å². The van der Waals surface area contributed by atoms with Crippen LogP contribution in [0.4, 0.5) is 0 Å². The molecular weight excluding hydrogens is 548 g/mol. The minimum atomic E-state index is -1.90. The summed E-state index contributed by atoms with van der Waals surface area (Å²) in [5, 5.41) is 48.6. The van der Waals surface area contributed by atoms with Crippen molar-refractivity contribution in [3.05, 3.63) is 83.4 Å². The first-order valence-electron chi connectivity index (χ1n) is 15.4. The van der Waals surface area contributed by atoms with Crippen LogP contribution < -0.4 is 0 Å². The highest BCUT2D eigenvalue weighted by Crippen LogP contribution is 2.71. The van der Waals surface area contributed by atoms with Gasteiger partial charge in [0, 0.05) is 5.92 Å². The van der Waals surface area contributed by atoms with Gasteiger partial charge in [0.05, 0.1) is 22.6 Å². The molecule has 3 saturated carbocycles. The minimum Gasteiger partial charge on any atom is -0.458 e. The molecule has 2 aromatic rings. The molecule has 8 nitrogen and oxygen atoms in total. The van der Waals surface area contributed by atoms with Crippen molar-refractivity contribution in [2.45, 2.75) is 101 Å². The van der Waals surface area contributed by atoms with Gasteiger partial charge in [-0.25, -0.2) is 9.59 Å². The molecule has 230 valence electrons. The van der Waals surface area contributed by atoms with Crippen LogP contribution in [0.2, 0.25) is 0 Å². The molecule has 0 saturated heterocycles. The standard InChI is InChI=1S/C35H42O8/c1-22(42-29(37)23-10-6-4-7-11-23)33(39)18-19-35(41)32(33,3)28(43-30(38)24-12-8-5-9-13-24)21-27-31(2)16-15-26(36)20-25(31)14-17-34(27,35)40/h4-14,22,26-28,36,39-41H,15-21H2,1-3H3/t22?,26-,27+,28?,31-,32+,33+,34-,35+/m0/s1. The second-order valence-corrected chi connectivity index (χ2v) is 13.6. The Hall–Kier alpha value is -3.04. The third kappa shape index (κ3) is 4.17. The zero-order valence-corrected chi connectivity index (χ0v) is 25.0. The Kier molecular flexibility index (Phi) is 7.16. The molecule has 3 fully saturated rings. The van der Waals surface area contributed by atoms with Crippen molar-refractivity contribution >= 4 is 11.9 Å². The fraction of sp³-hybridized carbons (Fsp3) is 0.543. The van der Waals surface area contributed by atoms with E-state index in [-0.39, 0.29) is 25.7 Å². The quantitative estimate of drug-likeness (QED) is 0.298. The lowest BCUT2D eigenvalue weighted by molar-refractivity contribution is -0.324. The van der Waals surface area contributed by atoms with Crippen LogP contribution in [0.5, 0.6) is 0 Å². The van der Waals surface area contributed by atoms with Crippen molar-refractivity contribution in [1.29, 1.82) is 0 Å². The third-order valence-electron chi connectivity index (χ3n) is 11.9. The van der Waals surface area contributed by atoms with Crippen LogP contribution in [0.3, 0.4) is 0 Å². The van der Waals surface area contributed by atoms with Gasteiger partial charge in [-0.15, -0.1) is 0 Å². The molecule has 0 aliphatic heterocycles. The summed E-state index contributed by atoms with van der Waals surface area (Å²) in [4.78, 5) is 26.7. The van der Waals surface area contributed by atoms with Crippen molar-refractivity contribution in [1.82, 2.24) is 0 Å². The van der Waals surface area contributed by atoms with Gasteiger partial charge in [-0.1, -0.05) is 61.9 Å². The van der Waals surface area contributed by atoms with E-state index in [0.717, 1.165) is 5.57 Å². The minimum absolute atomic E-state index is 0.0154. The van der Waals surface area contributed by atoms with Gasteiger partial charge in [0.1, 0.15) is 29.0 Å². The fourth-order valence-corrected chi connectivity index (χ4v) is 9.16. The summed E-state index contributed by atoms with van der Waals surface area (Å²) < 4.78 is 12.1. The number of hydrogen-bond acceptors (Lipinski definition) is 8. The molecule has 2 aromatic carbocycles. The molecule has 4 N–H and O–H groups in total. The second-order valence-electron chi connectivity index (χ2n) is 13.6. The second kappa shape index (κ2) is 10.3. The van der Waals surface area contributed by atoms with Crippen LogP contribution in [0.15, 0.2) is 72.3 Å². The van der Waals surface area contributed by atoms with E-state index in [0.29, 0.717) is 30.4 Å². The van der Waals surface area contributed by atoms with Gasteiger partial charge in [-0.05, 0) is 81.5 Å². The number of hydrogen-bond donors (Lipinski definition) is 4. The summed E-state index contributed by atoms with van der Waals surface area (Å²) in [6.07, 6.45) is 1.35. The van der Waals surface area contributed by atoms with E-state index in [1.807, 2.05) is 6.08 Å². The van der Waals surface area contributed by atoms with E-state index >= 15 is 0 Å². The molecule has 4 aliphatic rings. The van der Waals surface area contributed by atoms with Gasteiger partial charge in [0.15, 0.2) is 0 Å². The summed E-state index contributed by atoms with van der Waals surface area (Å²) in [7, 11) is 0. The van der Waals surface area contributed by atoms with Gasteiger partial charge in [-0.2, -0.15) is 0 Å². The lowest BCUT2D eigenvalue weighted by Crippen LogP contribution is -2.78. The SMILES string of the molecule is CC(OC(=O)c1ccccc1)[C@]1(O)CC[C@@]2(O)[C@]1(C)C(OC(=O)c1ccccc1)C[C@@H]1[C@@]3(C)CC[C@H](O)CC3=CC[C@]12O. The normalized spacial score (nSPS) is 40.7. The highest BCUT2D eigenvalue weighted by Gasteiger charge is 2.81. The predicted octanol–water partition coefficient (Wildman–Crippen LogP) is 4.35. The maximum Gasteiger partial charge on any atom is 0.338 e. The molecule has 0 spiro atoms. The average Bonchev–Trinajstić information content (AvgIpc) is 3.23. The number of rotatable bonds is 5. The van der Waals surface area contributed by atoms with Gasteiger partial charge < -0.3 is 29.9 Å². The molecule has 0 heterocycles. The van der Waals surface area contributed by atoms with Gasteiger partial charge in [0.25, 0.3) is 0 Å². The van der Waals surface area contributed by atoms with E-state index in [2.05, 4.69) is 6.92 Å². The van der Waals surface area contributed by atoms with Gasteiger partial charge >= 0.3 is 11.9 Å². The fourth-order valence-electron chi connectivity index (χ4n) is 9.16. The molecule has 6 rings (SSSR count). The molecule has 2 unspecified atom stereocenters. The van der Waals surface area contributed by atoms with Crippen LogP contribution in [0, 0.1) is 16.7 Å². The molecule has 8 heteroatoms. The van der Waals surface area contributed by atoms with E-state index in [9.17, 15) is 30.0 Å². The maximum atomic E-state index is 13.6. The zero-order valence-electron chi connectivity index (χ0n) is 25.0.